The molecule has 2 heterocycles. The molecule has 0 radical (unpaired) electrons. The van der Waals surface area contributed by atoms with Gasteiger partial charge in [0, 0.05) is 39.4 Å². The third-order valence-corrected chi connectivity index (χ3v) is 7.98. The summed E-state index contributed by atoms with van der Waals surface area (Å²) < 4.78 is 54.5. The lowest BCUT2D eigenvalue weighted by atomic mass is 10.4. The van der Waals surface area contributed by atoms with E-state index in [0.717, 1.165) is 6.42 Å². The van der Waals surface area contributed by atoms with Gasteiger partial charge in [-0.25, -0.2) is 26.1 Å². The molecule has 1 aliphatic rings. The van der Waals surface area contributed by atoms with Crippen molar-refractivity contribution in [1.29, 1.82) is 0 Å². The molecule has 0 unspecified atom stereocenters. The number of hydrogen-bond acceptors (Lipinski definition) is 5. The number of aromatic nitrogens is 2. The zero-order chi connectivity index (χ0) is 18.0. The summed E-state index contributed by atoms with van der Waals surface area (Å²) in [6.45, 7) is 4.70. The molecule has 0 saturated carbocycles. The highest BCUT2D eigenvalue weighted by atomic mass is 32.2. The molecule has 0 atom stereocenters. The quantitative estimate of drug-likeness (QED) is 0.721. The first-order chi connectivity index (χ1) is 11.2. The summed E-state index contributed by atoms with van der Waals surface area (Å²) in [5.41, 5.74) is 0. The largest absolute Gasteiger partial charge is 0.337 e. The normalized spacial score (nSPS) is 18.6. The van der Waals surface area contributed by atoms with E-state index in [9.17, 15) is 16.8 Å². The molecule has 0 aliphatic carbocycles. The highest BCUT2D eigenvalue weighted by molar-refractivity contribution is 7.89. The Morgan fingerprint density at radius 2 is 1.71 bits per heavy atom. The minimum atomic E-state index is -3.69. The first-order valence-electron chi connectivity index (χ1n) is 8.16. The van der Waals surface area contributed by atoms with Gasteiger partial charge in [-0.15, -0.1) is 0 Å². The van der Waals surface area contributed by atoms with E-state index >= 15 is 0 Å². The average molecular weight is 379 g/mol. The molecule has 0 N–H and O–H groups in total. The van der Waals surface area contributed by atoms with Crippen LogP contribution in [0.4, 0.5) is 0 Å². The van der Waals surface area contributed by atoms with E-state index in [1.807, 2.05) is 6.92 Å². The van der Waals surface area contributed by atoms with Crippen LogP contribution in [0.1, 0.15) is 32.0 Å². The molecule has 0 spiro atoms. The van der Waals surface area contributed by atoms with Crippen LogP contribution in [0.2, 0.25) is 0 Å². The molecule has 138 valence electrons. The lowest BCUT2D eigenvalue weighted by molar-refractivity contribution is 0.403. The fraction of sp³-hybridized carbons (Fsp3) is 0.786. The molecule has 0 aromatic carbocycles. The van der Waals surface area contributed by atoms with Crippen LogP contribution in [0.5, 0.6) is 0 Å². The smallest absolute Gasteiger partial charge is 0.262 e. The van der Waals surface area contributed by atoms with Gasteiger partial charge in [-0.2, -0.15) is 4.31 Å². The SMILES string of the molecule is CCCCS(=O)(=O)N1CCCN(S(=O)(=O)c2cn(C)c(C)n2)CC1. The maximum Gasteiger partial charge on any atom is 0.262 e. The summed E-state index contributed by atoms with van der Waals surface area (Å²) in [7, 11) is -5.26. The molecule has 1 saturated heterocycles. The summed E-state index contributed by atoms with van der Waals surface area (Å²) in [6.07, 6.45) is 3.41. The van der Waals surface area contributed by atoms with E-state index in [2.05, 4.69) is 4.98 Å². The highest BCUT2D eigenvalue weighted by Gasteiger charge is 2.32. The highest BCUT2D eigenvalue weighted by Crippen LogP contribution is 2.18. The second kappa shape index (κ2) is 7.51. The number of unbranched alkanes of at least 4 members (excludes halogenated alkanes) is 1. The Bertz CT molecular complexity index is 751. The summed E-state index contributed by atoms with van der Waals surface area (Å²) in [5, 5.41) is 0.0183. The van der Waals surface area contributed by atoms with Crippen LogP contribution in [-0.4, -0.2) is 66.9 Å². The Kier molecular flexibility index (Phi) is 6.05. The monoisotopic (exact) mass is 378 g/mol. The zero-order valence-electron chi connectivity index (χ0n) is 14.5. The van der Waals surface area contributed by atoms with E-state index in [4.69, 9.17) is 0 Å². The van der Waals surface area contributed by atoms with Crippen LogP contribution in [-0.2, 0) is 27.1 Å². The predicted molar refractivity (Wildman–Crippen MR) is 91.6 cm³/mol. The standard InChI is InChI=1S/C14H26N4O4S2/c1-4-5-11-23(19,20)17-7-6-8-18(10-9-17)24(21,22)14-12-16(3)13(2)15-14/h12H,4-11H2,1-3H3. The van der Waals surface area contributed by atoms with Crippen LogP contribution in [0, 0.1) is 6.92 Å². The maximum atomic E-state index is 12.7. The predicted octanol–water partition coefficient (Wildman–Crippen LogP) is 0.555. The molecular formula is C14H26N4O4S2. The number of imidazole rings is 1. The van der Waals surface area contributed by atoms with Crippen LogP contribution >= 0.6 is 0 Å². The van der Waals surface area contributed by atoms with Crippen molar-refractivity contribution >= 4 is 20.0 Å². The van der Waals surface area contributed by atoms with E-state index in [1.165, 1.54) is 14.8 Å². The van der Waals surface area contributed by atoms with Crippen LogP contribution < -0.4 is 0 Å². The van der Waals surface area contributed by atoms with Crippen molar-refractivity contribution in [3.8, 4) is 0 Å². The topological polar surface area (TPSA) is 92.6 Å². The van der Waals surface area contributed by atoms with Crippen molar-refractivity contribution in [2.45, 2.75) is 38.1 Å². The third-order valence-electron chi connectivity index (χ3n) is 4.25. The molecule has 0 amide bonds. The number of aryl methyl sites for hydroxylation is 2. The second-order valence-electron chi connectivity index (χ2n) is 6.06. The van der Waals surface area contributed by atoms with Crippen molar-refractivity contribution in [3.05, 3.63) is 12.0 Å². The summed E-state index contributed by atoms with van der Waals surface area (Å²) in [5.74, 6) is 0.738. The molecule has 8 nitrogen and oxygen atoms in total. The second-order valence-corrected chi connectivity index (χ2v) is 10.0. The van der Waals surface area contributed by atoms with Crippen LogP contribution in [0.15, 0.2) is 11.2 Å². The summed E-state index contributed by atoms with van der Waals surface area (Å²) >= 11 is 0. The van der Waals surface area contributed by atoms with Gasteiger partial charge in [-0.05, 0) is 19.8 Å². The average Bonchev–Trinajstić information content (AvgIpc) is 2.74. The molecule has 10 heteroatoms. The third kappa shape index (κ3) is 4.16. The minimum absolute atomic E-state index is 0.0183. The molecule has 1 aromatic rings. The molecule has 1 aromatic heterocycles. The fourth-order valence-electron chi connectivity index (χ4n) is 2.63. The molecule has 2 rings (SSSR count). The van der Waals surface area contributed by atoms with Gasteiger partial charge in [-0.1, -0.05) is 13.3 Å². The Hall–Kier alpha value is -0.970. The van der Waals surface area contributed by atoms with E-state index in [-0.39, 0.29) is 23.9 Å². The molecular weight excluding hydrogens is 352 g/mol. The van der Waals surface area contributed by atoms with Crippen molar-refractivity contribution in [3.63, 3.8) is 0 Å². The minimum Gasteiger partial charge on any atom is -0.337 e. The van der Waals surface area contributed by atoms with Gasteiger partial charge in [0.2, 0.25) is 10.0 Å². The Balaban J connectivity index is 2.13. The number of nitrogens with zero attached hydrogens (tertiary/aromatic N) is 4. The number of hydrogen-bond donors (Lipinski definition) is 0. The van der Waals surface area contributed by atoms with Gasteiger partial charge in [0.05, 0.1) is 5.75 Å². The Morgan fingerprint density at radius 3 is 2.29 bits per heavy atom. The van der Waals surface area contributed by atoms with Gasteiger partial charge in [0.15, 0.2) is 5.03 Å². The molecule has 0 bridgehead atoms. The zero-order valence-corrected chi connectivity index (χ0v) is 16.1. The van der Waals surface area contributed by atoms with Crippen molar-refractivity contribution in [2.75, 3.05) is 31.9 Å². The van der Waals surface area contributed by atoms with E-state index in [0.29, 0.717) is 31.8 Å². The lowest BCUT2D eigenvalue weighted by Gasteiger charge is -2.21. The van der Waals surface area contributed by atoms with Crippen molar-refractivity contribution in [2.24, 2.45) is 7.05 Å². The van der Waals surface area contributed by atoms with Gasteiger partial charge in [-0.3, -0.25) is 0 Å². The summed E-state index contributed by atoms with van der Waals surface area (Å²) in [4.78, 5) is 4.10. The van der Waals surface area contributed by atoms with Gasteiger partial charge in [0.25, 0.3) is 10.0 Å². The first-order valence-corrected chi connectivity index (χ1v) is 11.2. The van der Waals surface area contributed by atoms with Crippen LogP contribution in [0.3, 0.4) is 0 Å². The maximum absolute atomic E-state index is 12.7. The lowest BCUT2D eigenvalue weighted by Crippen LogP contribution is -2.38. The van der Waals surface area contributed by atoms with Gasteiger partial charge < -0.3 is 4.57 Å². The van der Waals surface area contributed by atoms with E-state index < -0.39 is 20.0 Å². The molecule has 1 fully saturated rings. The van der Waals surface area contributed by atoms with Crippen LogP contribution in [0.25, 0.3) is 0 Å². The van der Waals surface area contributed by atoms with Gasteiger partial charge >= 0.3 is 0 Å². The number of sulfonamides is 2. The van der Waals surface area contributed by atoms with Crippen molar-refractivity contribution in [1.82, 2.24) is 18.2 Å². The summed E-state index contributed by atoms with van der Waals surface area (Å²) in [6, 6.07) is 0. The number of rotatable bonds is 6. The van der Waals surface area contributed by atoms with E-state index in [1.54, 1.807) is 18.5 Å². The van der Waals surface area contributed by atoms with Crippen molar-refractivity contribution < 1.29 is 16.8 Å². The first kappa shape index (κ1) is 19.4. The van der Waals surface area contributed by atoms with Gasteiger partial charge in [0.1, 0.15) is 5.82 Å². The fourth-order valence-corrected chi connectivity index (χ4v) is 5.80. The molecule has 1 aliphatic heterocycles. The molecule has 24 heavy (non-hydrogen) atoms. The Morgan fingerprint density at radius 1 is 1.08 bits per heavy atom. The Labute approximate surface area is 144 Å².